The van der Waals surface area contributed by atoms with Crippen LogP contribution in [0.1, 0.15) is 37.5 Å². The molecule has 0 saturated heterocycles. The number of para-hydroxylation sites is 1. The average molecular weight is 409 g/mol. The average Bonchev–Trinajstić information content (AvgIpc) is 3.13. The Morgan fingerprint density at radius 2 is 1.65 bits per heavy atom. The van der Waals surface area contributed by atoms with Gasteiger partial charge in [-0.3, -0.25) is 4.79 Å². The number of nitrogens with zero attached hydrogens (tertiary/aromatic N) is 2. The van der Waals surface area contributed by atoms with Crippen molar-refractivity contribution in [1.82, 2.24) is 4.57 Å². The maximum absolute atomic E-state index is 13.1. The van der Waals surface area contributed by atoms with Crippen molar-refractivity contribution < 1.29 is 14.3 Å². The molecule has 2 N–H and O–H groups in total. The van der Waals surface area contributed by atoms with Crippen molar-refractivity contribution in [3.8, 4) is 6.07 Å². The highest BCUT2D eigenvalue weighted by Crippen LogP contribution is 2.28. The largest absolute Gasteiger partial charge is 0.456 e. The summed E-state index contributed by atoms with van der Waals surface area (Å²) in [5, 5.41) is 9.79. The van der Waals surface area contributed by atoms with E-state index in [1.54, 1.807) is 34.9 Å². The summed E-state index contributed by atoms with van der Waals surface area (Å²) in [5.41, 5.74) is 8.75. The summed E-state index contributed by atoms with van der Waals surface area (Å²) in [7, 11) is 0. The predicted molar refractivity (Wildman–Crippen MR) is 116 cm³/mol. The molecule has 0 radical (unpaired) electrons. The number of nitriles is 1. The van der Waals surface area contributed by atoms with E-state index in [2.05, 4.69) is 6.07 Å². The normalized spacial score (nSPS) is 10.5. The standard InChI is InChI=1S/C25H19N3O3/c26-14-18-9-6-10-19(13-18)15-28-21-12-5-4-11-20(21)22(24(27)29)23(28)25(30)31-16-17-7-2-1-3-8-17/h1-13H,15-16H2,(H2,27,29). The number of amides is 1. The zero-order chi connectivity index (χ0) is 21.8. The molecule has 0 bridgehead atoms. The van der Waals surface area contributed by atoms with E-state index >= 15 is 0 Å². The van der Waals surface area contributed by atoms with Crippen LogP contribution in [0.5, 0.6) is 0 Å². The number of ether oxygens (including phenoxy) is 1. The fourth-order valence-corrected chi connectivity index (χ4v) is 3.64. The van der Waals surface area contributed by atoms with Gasteiger partial charge in [0.2, 0.25) is 0 Å². The fraction of sp³-hybridized carbons (Fsp3) is 0.0800. The molecule has 0 aliphatic heterocycles. The van der Waals surface area contributed by atoms with Gasteiger partial charge < -0.3 is 15.0 Å². The number of esters is 1. The summed E-state index contributed by atoms with van der Waals surface area (Å²) in [6.45, 7) is 0.350. The van der Waals surface area contributed by atoms with Crippen LogP contribution in [0.25, 0.3) is 10.9 Å². The molecule has 0 saturated carbocycles. The first-order valence-electron chi connectivity index (χ1n) is 9.69. The van der Waals surface area contributed by atoms with Gasteiger partial charge in [0, 0.05) is 17.4 Å². The molecule has 3 aromatic carbocycles. The lowest BCUT2D eigenvalue weighted by Gasteiger charge is -2.12. The molecule has 1 amide bonds. The summed E-state index contributed by atoms with van der Waals surface area (Å²) in [6.07, 6.45) is 0. The minimum Gasteiger partial charge on any atom is -0.456 e. The summed E-state index contributed by atoms with van der Waals surface area (Å²) in [4.78, 5) is 25.5. The van der Waals surface area contributed by atoms with Gasteiger partial charge in [0.15, 0.2) is 0 Å². The Morgan fingerprint density at radius 1 is 0.935 bits per heavy atom. The van der Waals surface area contributed by atoms with E-state index in [0.717, 1.165) is 11.1 Å². The molecule has 0 aliphatic rings. The van der Waals surface area contributed by atoms with Gasteiger partial charge >= 0.3 is 5.97 Å². The van der Waals surface area contributed by atoms with E-state index in [-0.39, 0.29) is 24.4 Å². The third kappa shape index (κ3) is 4.02. The van der Waals surface area contributed by atoms with Gasteiger partial charge in [0.05, 0.1) is 17.2 Å². The highest BCUT2D eigenvalue weighted by atomic mass is 16.5. The molecule has 4 aromatic rings. The van der Waals surface area contributed by atoms with Crippen LogP contribution < -0.4 is 5.73 Å². The van der Waals surface area contributed by atoms with Crippen LogP contribution in [0.15, 0.2) is 78.9 Å². The summed E-state index contributed by atoms with van der Waals surface area (Å²) in [6, 6.07) is 25.7. The Hall–Kier alpha value is -4.37. The number of hydrogen-bond acceptors (Lipinski definition) is 4. The van der Waals surface area contributed by atoms with E-state index in [0.29, 0.717) is 16.5 Å². The van der Waals surface area contributed by atoms with Gasteiger partial charge in [-0.25, -0.2) is 4.79 Å². The summed E-state index contributed by atoms with van der Waals surface area (Å²) in [5.74, 6) is -1.34. The molecule has 0 unspecified atom stereocenters. The second-order valence-electron chi connectivity index (χ2n) is 7.07. The van der Waals surface area contributed by atoms with Crippen molar-refractivity contribution in [2.45, 2.75) is 13.2 Å². The van der Waals surface area contributed by atoms with Crippen LogP contribution in [0.2, 0.25) is 0 Å². The first-order chi connectivity index (χ1) is 15.1. The number of benzene rings is 3. The summed E-state index contributed by atoms with van der Waals surface area (Å²) < 4.78 is 7.26. The molecule has 0 spiro atoms. The van der Waals surface area contributed by atoms with Crippen molar-refractivity contribution in [1.29, 1.82) is 5.26 Å². The molecule has 152 valence electrons. The second-order valence-corrected chi connectivity index (χ2v) is 7.07. The van der Waals surface area contributed by atoms with Gasteiger partial charge in [0.1, 0.15) is 12.3 Å². The van der Waals surface area contributed by atoms with Crippen molar-refractivity contribution >= 4 is 22.8 Å². The quantitative estimate of drug-likeness (QED) is 0.486. The number of hydrogen-bond donors (Lipinski definition) is 1. The van der Waals surface area contributed by atoms with Gasteiger partial charge in [-0.2, -0.15) is 5.26 Å². The van der Waals surface area contributed by atoms with E-state index < -0.39 is 11.9 Å². The third-order valence-corrected chi connectivity index (χ3v) is 5.02. The van der Waals surface area contributed by atoms with Crippen molar-refractivity contribution in [3.05, 3.63) is 107 Å². The molecule has 6 heteroatoms. The summed E-state index contributed by atoms with van der Waals surface area (Å²) >= 11 is 0. The maximum atomic E-state index is 13.1. The monoisotopic (exact) mass is 409 g/mol. The molecule has 0 fully saturated rings. The zero-order valence-electron chi connectivity index (χ0n) is 16.6. The topological polar surface area (TPSA) is 98.1 Å². The predicted octanol–water partition coefficient (Wildman–Crippen LogP) is 4.02. The molecule has 1 heterocycles. The van der Waals surface area contributed by atoms with Crippen LogP contribution in [0, 0.1) is 11.3 Å². The Balaban J connectivity index is 1.80. The van der Waals surface area contributed by atoms with Crippen LogP contribution in [-0.2, 0) is 17.9 Å². The number of primary amides is 1. The van der Waals surface area contributed by atoms with Crippen LogP contribution in [-0.4, -0.2) is 16.4 Å². The zero-order valence-corrected chi connectivity index (χ0v) is 16.6. The second kappa shape index (κ2) is 8.56. The fourth-order valence-electron chi connectivity index (χ4n) is 3.64. The number of nitrogens with two attached hydrogens (primary N) is 1. The lowest BCUT2D eigenvalue weighted by molar-refractivity contribution is 0.0458. The lowest BCUT2D eigenvalue weighted by atomic mass is 10.1. The van der Waals surface area contributed by atoms with Gasteiger partial charge in [0.25, 0.3) is 5.91 Å². The SMILES string of the molecule is N#Cc1cccc(Cn2c(C(=O)OCc3ccccc3)c(C(N)=O)c3ccccc32)c1. The molecule has 4 rings (SSSR count). The van der Waals surface area contributed by atoms with Gasteiger partial charge in [-0.15, -0.1) is 0 Å². The number of fused-ring (bicyclic) bond motifs is 1. The van der Waals surface area contributed by atoms with Crippen molar-refractivity contribution in [3.63, 3.8) is 0 Å². The number of carbonyl (C=O) groups excluding carboxylic acids is 2. The highest BCUT2D eigenvalue weighted by molar-refractivity contribution is 6.14. The number of carbonyl (C=O) groups is 2. The van der Waals surface area contributed by atoms with E-state index in [1.165, 1.54) is 0 Å². The van der Waals surface area contributed by atoms with Crippen molar-refractivity contribution in [2.24, 2.45) is 5.73 Å². The van der Waals surface area contributed by atoms with Gasteiger partial charge in [-0.05, 0) is 29.3 Å². The molecular weight excluding hydrogens is 390 g/mol. The Labute approximate surface area is 179 Å². The molecular formula is C25H19N3O3. The molecule has 0 atom stereocenters. The third-order valence-electron chi connectivity index (χ3n) is 5.02. The van der Waals surface area contributed by atoms with E-state index in [4.69, 9.17) is 10.5 Å². The van der Waals surface area contributed by atoms with Crippen LogP contribution in [0.4, 0.5) is 0 Å². The highest BCUT2D eigenvalue weighted by Gasteiger charge is 2.27. The first-order valence-corrected chi connectivity index (χ1v) is 9.69. The molecule has 31 heavy (non-hydrogen) atoms. The van der Waals surface area contributed by atoms with Crippen LogP contribution in [0.3, 0.4) is 0 Å². The van der Waals surface area contributed by atoms with Crippen molar-refractivity contribution in [2.75, 3.05) is 0 Å². The Kier molecular flexibility index (Phi) is 5.50. The smallest absolute Gasteiger partial charge is 0.356 e. The first kappa shape index (κ1) is 19.9. The van der Waals surface area contributed by atoms with Crippen LogP contribution >= 0.6 is 0 Å². The minimum atomic E-state index is -0.701. The number of aromatic nitrogens is 1. The Morgan fingerprint density at radius 3 is 2.39 bits per heavy atom. The molecule has 1 aromatic heterocycles. The van der Waals surface area contributed by atoms with E-state index in [1.807, 2.05) is 48.5 Å². The maximum Gasteiger partial charge on any atom is 0.356 e. The number of rotatable bonds is 6. The Bertz CT molecular complexity index is 1320. The van der Waals surface area contributed by atoms with E-state index in [9.17, 15) is 14.9 Å². The lowest BCUT2D eigenvalue weighted by Crippen LogP contribution is -2.20. The molecule has 0 aliphatic carbocycles. The van der Waals surface area contributed by atoms with Gasteiger partial charge in [-0.1, -0.05) is 60.7 Å². The molecule has 6 nitrogen and oxygen atoms in total. The minimum absolute atomic E-state index is 0.0727.